The predicted octanol–water partition coefficient (Wildman–Crippen LogP) is 2.94. The van der Waals surface area contributed by atoms with E-state index in [1.165, 1.54) is 19.2 Å². The minimum absolute atomic E-state index is 0.0542. The van der Waals surface area contributed by atoms with E-state index >= 15 is 0 Å². The fourth-order valence-corrected chi connectivity index (χ4v) is 2.46. The number of para-hydroxylation sites is 1. The summed E-state index contributed by atoms with van der Waals surface area (Å²) in [6, 6.07) is 11.5. The van der Waals surface area contributed by atoms with Crippen LogP contribution in [0.25, 0.3) is 0 Å². The van der Waals surface area contributed by atoms with Gasteiger partial charge in [-0.1, -0.05) is 24.3 Å². The first-order valence-corrected chi connectivity index (χ1v) is 8.51. The fraction of sp³-hybridized carbons (Fsp3) is 0.300. The second-order valence-corrected chi connectivity index (χ2v) is 5.86. The molecule has 2 rings (SSSR count). The summed E-state index contributed by atoms with van der Waals surface area (Å²) < 4.78 is 24.2. The maximum absolute atomic E-state index is 13.0. The number of benzene rings is 2. The summed E-state index contributed by atoms with van der Waals surface area (Å²) in [5.74, 6) is -0.505. The quantitative estimate of drug-likeness (QED) is 0.667. The summed E-state index contributed by atoms with van der Waals surface area (Å²) in [4.78, 5) is 22.1. The van der Waals surface area contributed by atoms with Crippen LogP contribution in [0.1, 0.15) is 24.0 Å². The van der Waals surface area contributed by atoms with Crippen LogP contribution in [-0.4, -0.2) is 30.6 Å². The van der Waals surface area contributed by atoms with E-state index in [0.717, 1.165) is 11.1 Å². The third-order valence-corrected chi connectivity index (χ3v) is 3.86. The van der Waals surface area contributed by atoms with E-state index in [-0.39, 0.29) is 31.2 Å². The van der Waals surface area contributed by atoms with Gasteiger partial charge in [-0.3, -0.25) is 9.59 Å². The molecule has 7 heteroatoms. The molecule has 0 aromatic heterocycles. The molecule has 0 aliphatic rings. The van der Waals surface area contributed by atoms with Crippen LogP contribution in [0.5, 0.6) is 11.5 Å². The van der Waals surface area contributed by atoms with Crippen molar-refractivity contribution in [1.82, 2.24) is 5.32 Å². The molecular weight excluding hydrogens is 353 g/mol. The minimum Gasteiger partial charge on any atom is -0.493 e. The molecule has 0 aliphatic heterocycles. The van der Waals surface area contributed by atoms with Crippen molar-refractivity contribution in [3.63, 3.8) is 0 Å². The molecule has 0 unspecified atom stereocenters. The summed E-state index contributed by atoms with van der Waals surface area (Å²) >= 11 is 0. The largest absolute Gasteiger partial charge is 0.493 e. The predicted molar refractivity (Wildman–Crippen MR) is 97.3 cm³/mol. The fourth-order valence-electron chi connectivity index (χ4n) is 2.46. The number of amides is 1. The van der Waals surface area contributed by atoms with Crippen molar-refractivity contribution < 1.29 is 28.6 Å². The third kappa shape index (κ3) is 6.62. The lowest BCUT2D eigenvalue weighted by Crippen LogP contribution is -2.26. The second-order valence-electron chi connectivity index (χ2n) is 5.86. The standard InChI is InChI=1S/C20H22FNO5/c1-26-17-4-2-3-15(11-12-22-18(23)9-10-19(24)25)20(17)27-13-14-5-7-16(21)8-6-14/h2-8H,9-13H2,1H3,(H,22,23)(H,24,25). The summed E-state index contributed by atoms with van der Waals surface area (Å²) in [6.07, 6.45) is 0.243. The zero-order valence-electron chi connectivity index (χ0n) is 15.0. The molecule has 0 saturated carbocycles. The van der Waals surface area contributed by atoms with E-state index in [2.05, 4.69) is 5.32 Å². The van der Waals surface area contributed by atoms with Crippen molar-refractivity contribution in [3.05, 3.63) is 59.4 Å². The first-order valence-electron chi connectivity index (χ1n) is 8.51. The molecule has 6 nitrogen and oxygen atoms in total. The molecule has 0 bridgehead atoms. The van der Waals surface area contributed by atoms with Crippen molar-refractivity contribution in [2.75, 3.05) is 13.7 Å². The van der Waals surface area contributed by atoms with Crippen LogP contribution < -0.4 is 14.8 Å². The first kappa shape index (κ1) is 20.2. The van der Waals surface area contributed by atoms with Crippen LogP contribution in [0.3, 0.4) is 0 Å². The SMILES string of the molecule is COc1cccc(CCNC(=O)CCC(=O)O)c1OCc1ccc(F)cc1. The van der Waals surface area contributed by atoms with E-state index < -0.39 is 5.97 Å². The van der Waals surface area contributed by atoms with Gasteiger partial charge >= 0.3 is 5.97 Å². The molecule has 0 spiro atoms. The van der Waals surface area contributed by atoms with Gasteiger partial charge in [0.15, 0.2) is 11.5 Å². The van der Waals surface area contributed by atoms with Gasteiger partial charge in [-0.25, -0.2) is 4.39 Å². The number of carboxylic acids is 1. The molecule has 2 aromatic carbocycles. The number of carbonyl (C=O) groups excluding carboxylic acids is 1. The molecular formula is C20H22FNO5. The second kappa shape index (κ2) is 10.2. The summed E-state index contributed by atoms with van der Waals surface area (Å²) in [5, 5.41) is 11.3. The molecule has 2 N–H and O–H groups in total. The van der Waals surface area contributed by atoms with Gasteiger partial charge in [0.2, 0.25) is 5.91 Å². The Labute approximate surface area is 156 Å². The normalized spacial score (nSPS) is 10.3. The number of carbonyl (C=O) groups is 2. The highest BCUT2D eigenvalue weighted by atomic mass is 19.1. The van der Waals surface area contributed by atoms with Gasteiger partial charge in [-0.2, -0.15) is 0 Å². The number of halogens is 1. The number of rotatable bonds is 10. The number of nitrogens with one attached hydrogen (secondary N) is 1. The number of aliphatic carboxylic acids is 1. The molecule has 0 atom stereocenters. The highest BCUT2D eigenvalue weighted by Gasteiger charge is 2.12. The van der Waals surface area contributed by atoms with Gasteiger partial charge in [-0.05, 0) is 35.7 Å². The highest BCUT2D eigenvalue weighted by molar-refractivity contribution is 5.80. The van der Waals surface area contributed by atoms with E-state index in [0.29, 0.717) is 24.5 Å². The van der Waals surface area contributed by atoms with E-state index in [9.17, 15) is 14.0 Å². The number of hydrogen-bond acceptors (Lipinski definition) is 4. The topological polar surface area (TPSA) is 84.9 Å². The number of carboxylic acid groups (broad SMARTS) is 1. The van der Waals surface area contributed by atoms with Gasteiger partial charge < -0.3 is 19.9 Å². The summed E-state index contributed by atoms with van der Waals surface area (Å²) in [6.45, 7) is 0.594. The Morgan fingerprint density at radius 3 is 2.52 bits per heavy atom. The Balaban J connectivity index is 1.98. The van der Waals surface area contributed by atoms with Crippen molar-refractivity contribution in [3.8, 4) is 11.5 Å². The number of methoxy groups -OCH3 is 1. The Hall–Kier alpha value is -3.09. The van der Waals surface area contributed by atoms with Crippen LogP contribution in [-0.2, 0) is 22.6 Å². The van der Waals surface area contributed by atoms with Crippen molar-refractivity contribution in [1.29, 1.82) is 0 Å². The van der Waals surface area contributed by atoms with Gasteiger partial charge in [0.1, 0.15) is 12.4 Å². The first-order chi connectivity index (χ1) is 13.0. The lowest BCUT2D eigenvalue weighted by atomic mass is 10.1. The lowest BCUT2D eigenvalue weighted by Gasteiger charge is -2.15. The molecule has 0 heterocycles. The lowest BCUT2D eigenvalue weighted by molar-refractivity contribution is -0.138. The zero-order valence-corrected chi connectivity index (χ0v) is 15.0. The van der Waals surface area contributed by atoms with Crippen LogP contribution in [0, 0.1) is 5.82 Å². The minimum atomic E-state index is -1.01. The molecule has 0 saturated heterocycles. The molecule has 1 amide bonds. The average molecular weight is 375 g/mol. The molecule has 27 heavy (non-hydrogen) atoms. The van der Waals surface area contributed by atoms with Gasteiger partial charge in [0.05, 0.1) is 13.5 Å². The Kier molecular flexibility index (Phi) is 7.61. The maximum atomic E-state index is 13.0. The van der Waals surface area contributed by atoms with Crippen LogP contribution in [0.4, 0.5) is 4.39 Å². The molecule has 144 valence electrons. The smallest absolute Gasteiger partial charge is 0.303 e. The van der Waals surface area contributed by atoms with E-state index in [1.54, 1.807) is 18.2 Å². The average Bonchev–Trinajstić information content (AvgIpc) is 2.66. The Bertz CT molecular complexity index is 776. The molecule has 0 aliphatic carbocycles. The molecule has 0 radical (unpaired) electrons. The van der Waals surface area contributed by atoms with Crippen molar-refractivity contribution in [2.45, 2.75) is 25.9 Å². The highest BCUT2D eigenvalue weighted by Crippen LogP contribution is 2.32. The van der Waals surface area contributed by atoms with E-state index in [4.69, 9.17) is 14.6 Å². The Morgan fingerprint density at radius 2 is 1.85 bits per heavy atom. The molecule has 0 fully saturated rings. The summed E-state index contributed by atoms with van der Waals surface area (Å²) in [5.41, 5.74) is 1.66. The third-order valence-electron chi connectivity index (χ3n) is 3.86. The zero-order chi connectivity index (χ0) is 19.6. The van der Waals surface area contributed by atoms with Gasteiger partial charge in [0, 0.05) is 13.0 Å². The van der Waals surface area contributed by atoms with Crippen molar-refractivity contribution >= 4 is 11.9 Å². The van der Waals surface area contributed by atoms with E-state index in [1.807, 2.05) is 12.1 Å². The number of hydrogen-bond donors (Lipinski definition) is 2. The Morgan fingerprint density at radius 1 is 1.11 bits per heavy atom. The van der Waals surface area contributed by atoms with Crippen LogP contribution in [0.2, 0.25) is 0 Å². The maximum Gasteiger partial charge on any atom is 0.303 e. The van der Waals surface area contributed by atoms with Gasteiger partial charge in [-0.15, -0.1) is 0 Å². The van der Waals surface area contributed by atoms with Crippen molar-refractivity contribution in [2.24, 2.45) is 0 Å². The summed E-state index contributed by atoms with van der Waals surface area (Å²) in [7, 11) is 1.54. The number of ether oxygens (including phenoxy) is 2. The molecule has 2 aromatic rings. The monoisotopic (exact) mass is 375 g/mol. The van der Waals surface area contributed by atoms with Crippen LogP contribution in [0.15, 0.2) is 42.5 Å². The van der Waals surface area contributed by atoms with Crippen LogP contribution >= 0.6 is 0 Å². The van der Waals surface area contributed by atoms with Gasteiger partial charge in [0.25, 0.3) is 0 Å².